The van der Waals surface area contributed by atoms with Crippen LogP contribution in [-0.2, 0) is 11.3 Å². The Morgan fingerprint density at radius 2 is 2.15 bits per heavy atom. The van der Waals surface area contributed by atoms with E-state index in [4.69, 9.17) is 10.5 Å². The van der Waals surface area contributed by atoms with E-state index < -0.39 is 11.7 Å². The Bertz CT molecular complexity index is 460. The van der Waals surface area contributed by atoms with E-state index in [2.05, 4.69) is 31.5 Å². The van der Waals surface area contributed by atoms with Gasteiger partial charge in [0.15, 0.2) is 0 Å². The number of aromatic nitrogens is 1. The van der Waals surface area contributed by atoms with Crippen molar-refractivity contribution in [2.24, 2.45) is 0 Å². The van der Waals surface area contributed by atoms with Gasteiger partial charge in [-0.2, -0.15) is 0 Å². The highest BCUT2D eigenvalue weighted by molar-refractivity contribution is 9.10. The van der Waals surface area contributed by atoms with Crippen LogP contribution in [0.1, 0.15) is 26.3 Å². The summed E-state index contributed by atoms with van der Waals surface area (Å²) in [7, 11) is 0. The molecule has 7 heteroatoms. The summed E-state index contributed by atoms with van der Waals surface area (Å²) >= 11 is 3.35. The van der Waals surface area contributed by atoms with E-state index in [1.165, 1.54) is 0 Å². The fourth-order valence-electron chi connectivity index (χ4n) is 1.42. The number of hydrogen-bond donors (Lipinski definition) is 3. The summed E-state index contributed by atoms with van der Waals surface area (Å²) < 4.78 is 6.01. The lowest BCUT2D eigenvalue weighted by Crippen LogP contribution is -2.36. The number of rotatable bonds is 5. The minimum atomic E-state index is -0.478. The first-order valence-corrected chi connectivity index (χ1v) is 7.15. The van der Waals surface area contributed by atoms with E-state index >= 15 is 0 Å². The number of anilines is 1. The second-order valence-electron chi connectivity index (χ2n) is 5.30. The van der Waals surface area contributed by atoms with Crippen molar-refractivity contribution >= 4 is 27.8 Å². The maximum absolute atomic E-state index is 11.4. The predicted molar refractivity (Wildman–Crippen MR) is 82.3 cm³/mol. The van der Waals surface area contributed by atoms with Crippen molar-refractivity contribution in [3.8, 4) is 0 Å². The maximum Gasteiger partial charge on any atom is 0.407 e. The van der Waals surface area contributed by atoms with E-state index in [1.54, 1.807) is 6.20 Å². The van der Waals surface area contributed by atoms with Crippen molar-refractivity contribution in [2.75, 3.05) is 18.8 Å². The molecule has 0 aliphatic carbocycles. The van der Waals surface area contributed by atoms with Gasteiger partial charge >= 0.3 is 6.09 Å². The first-order valence-electron chi connectivity index (χ1n) is 6.35. The second-order valence-corrected chi connectivity index (χ2v) is 6.22. The standard InChI is InChI=1S/C13H21BrN4O2/c1-13(2,3)20-12(19)17-5-4-16-7-9-6-10(14)8-18-11(9)15/h6,8,16H,4-5,7H2,1-3H3,(H2,15,18)(H,17,19). The van der Waals surface area contributed by atoms with Gasteiger partial charge in [-0.05, 0) is 42.8 Å². The number of carbonyl (C=O) groups excluding carboxylic acids is 1. The molecule has 4 N–H and O–H groups in total. The molecule has 0 saturated carbocycles. The van der Waals surface area contributed by atoms with Gasteiger partial charge in [-0.3, -0.25) is 0 Å². The summed E-state index contributed by atoms with van der Waals surface area (Å²) in [6, 6.07) is 1.91. The van der Waals surface area contributed by atoms with Crippen LogP contribution >= 0.6 is 15.9 Å². The molecule has 1 aromatic heterocycles. The van der Waals surface area contributed by atoms with Crippen LogP contribution in [0.3, 0.4) is 0 Å². The molecular formula is C13H21BrN4O2. The Morgan fingerprint density at radius 1 is 1.45 bits per heavy atom. The Balaban J connectivity index is 2.22. The molecule has 0 spiro atoms. The van der Waals surface area contributed by atoms with Gasteiger partial charge in [0.1, 0.15) is 11.4 Å². The number of nitrogens with zero attached hydrogens (tertiary/aromatic N) is 1. The fraction of sp³-hybridized carbons (Fsp3) is 0.538. The van der Waals surface area contributed by atoms with Gasteiger partial charge in [-0.15, -0.1) is 0 Å². The number of nitrogens with two attached hydrogens (primary N) is 1. The molecule has 0 radical (unpaired) electrons. The number of hydrogen-bond acceptors (Lipinski definition) is 5. The summed E-state index contributed by atoms with van der Waals surface area (Å²) in [5.41, 5.74) is 6.20. The Kier molecular flexibility index (Phi) is 6.22. The number of halogens is 1. The molecule has 20 heavy (non-hydrogen) atoms. The van der Waals surface area contributed by atoms with Crippen LogP contribution in [0.5, 0.6) is 0 Å². The quantitative estimate of drug-likeness (QED) is 0.711. The van der Waals surface area contributed by atoms with Crippen molar-refractivity contribution in [1.29, 1.82) is 0 Å². The van der Waals surface area contributed by atoms with Gasteiger partial charge < -0.3 is 21.1 Å². The molecule has 112 valence electrons. The number of carbonyl (C=O) groups is 1. The Labute approximate surface area is 127 Å². The highest BCUT2D eigenvalue weighted by atomic mass is 79.9. The highest BCUT2D eigenvalue weighted by Crippen LogP contribution is 2.14. The molecule has 0 unspecified atom stereocenters. The van der Waals surface area contributed by atoms with Crippen LogP contribution in [0, 0.1) is 0 Å². The lowest BCUT2D eigenvalue weighted by atomic mass is 10.2. The summed E-state index contributed by atoms with van der Waals surface area (Å²) in [5, 5.41) is 5.85. The van der Waals surface area contributed by atoms with Crippen molar-refractivity contribution in [3.63, 3.8) is 0 Å². The number of amides is 1. The van der Waals surface area contributed by atoms with Gasteiger partial charge in [0.25, 0.3) is 0 Å². The molecule has 1 heterocycles. The van der Waals surface area contributed by atoms with Gasteiger partial charge in [0, 0.05) is 35.9 Å². The zero-order valence-corrected chi connectivity index (χ0v) is 13.6. The van der Waals surface area contributed by atoms with Gasteiger partial charge in [0.05, 0.1) is 0 Å². The van der Waals surface area contributed by atoms with Crippen LogP contribution in [0.25, 0.3) is 0 Å². The fourth-order valence-corrected chi connectivity index (χ4v) is 1.80. The van der Waals surface area contributed by atoms with Crippen LogP contribution in [0.2, 0.25) is 0 Å². The lowest BCUT2D eigenvalue weighted by molar-refractivity contribution is 0.0528. The zero-order valence-electron chi connectivity index (χ0n) is 12.0. The first kappa shape index (κ1) is 16.7. The van der Waals surface area contributed by atoms with Crippen LogP contribution in [0.15, 0.2) is 16.7 Å². The molecule has 6 nitrogen and oxygen atoms in total. The minimum absolute atomic E-state index is 0.414. The van der Waals surface area contributed by atoms with Gasteiger partial charge in [-0.1, -0.05) is 0 Å². The van der Waals surface area contributed by atoms with E-state index in [0.29, 0.717) is 25.5 Å². The molecule has 0 atom stereocenters. The third-order valence-corrected chi connectivity index (χ3v) is 2.69. The molecule has 0 aromatic carbocycles. The number of ether oxygens (including phenoxy) is 1. The normalized spacial score (nSPS) is 11.2. The van der Waals surface area contributed by atoms with Crippen LogP contribution < -0.4 is 16.4 Å². The Hall–Kier alpha value is -1.34. The van der Waals surface area contributed by atoms with Crippen molar-refractivity contribution < 1.29 is 9.53 Å². The predicted octanol–water partition coefficient (Wildman–Crippen LogP) is 2.04. The molecular weight excluding hydrogens is 324 g/mol. The monoisotopic (exact) mass is 344 g/mol. The molecule has 0 saturated heterocycles. The van der Waals surface area contributed by atoms with Crippen molar-refractivity contribution in [1.82, 2.24) is 15.6 Å². The van der Waals surface area contributed by atoms with Crippen molar-refractivity contribution in [2.45, 2.75) is 32.9 Å². The van der Waals surface area contributed by atoms with E-state index in [1.807, 2.05) is 26.8 Å². The number of alkyl carbamates (subject to hydrolysis) is 1. The number of pyridine rings is 1. The van der Waals surface area contributed by atoms with Crippen molar-refractivity contribution in [3.05, 3.63) is 22.3 Å². The average molecular weight is 345 g/mol. The summed E-state index contributed by atoms with van der Waals surface area (Å²) in [4.78, 5) is 15.4. The molecule has 1 rings (SSSR count). The average Bonchev–Trinajstić information content (AvgIpc) is 2.30. The maximum atomic E-state index is 11.4. The number of nitrogen functional groups attached to an aromatic ring is 1. The molecule has 0 fully saturated rings. The third-order valence-electron chi connectivity index (χ3n) is 2.25. The SMILES string of the molecule is CC(C)(C)OC(=O)NCCNCc1cc(Br)cnc1N. The largest absolute Gasteiger partial charge is 0.444 e. The van der Waals surface area contributed by atoms with Gasteiger partial charge in [0.2, 0.25) is 0 Å². The minimum Gasteiger partial charge on any atom is -0.444 e. The molecule has 1 aromatic rings. The summed E-state index contributed by atoms with van der Waals surface area (Å²) in [5.74, 6) is 0.501. The molecule has 0 aliphatic heterocycles. The van der Waals surface area contributed by atoms with E-state index in [0.717, 1.165) is 10.0 Å². The Morgan fingerprint density at radius 3 is 2.80 bits per heavy atom. The zero-order chi connectivity index (χ0) is 15.2. The highest BCUT2D eigenvalue weighted by Gasteiger charge is 2.15. The van der Waals surface area contributed by atoms with E-state index in [9.17, 15) is 4.79 Å². The molecule has 0 bridgehead atoms. The van der Waals surface area contributed by atoms with Gasteiger partial charge in [-0.25, -0.2) is 9.78 Å². The summed E-state index contributed by atoms with van der Waals surface area (Å²) in [6.45, 7) is 7.17. The van der Waals surface area contributed by atoms with E-state index in [-0.39, 0.29) is 0 Å². The third kappa shape index (κ3) is 6.72. The first-order chi connectivity index (χ1) is 9.28. The van der Waals surface area contributed by atoms with Crippen LogP contribution in [-0.4, -0.2) is 29.8 Å². The summed E-state index contributed by atoms with van der Waals surface area (Å²) in [6.07, 6.45) is 1.24. The molecule has 1 amide bonds. The smallest absolute Gasteiger partial charge is 0.407 e. The lowest BCUT2D eigenvalue weighted by Gasteiger charge is -2.19. The topological polar surface area (TPSA) is 89.3 Å². The number of nitrogens with one attached hydrogen (secondary N) is 2. The van der Waals surface area contributed by atoms with Crippen LogP contribution in [0.4, 0.5) is 10.6 Å². The molecule has 0 aliphatic rings. The second kappa shape index (κ2) is 7.44.